The first-order chi connectivity index (χ1) is 18.3. The van der Waals surface area contributed by atoms with E-state index in [4.69, 9.17) is 5.73 Å². The highest BCUT2D eigenvalue weighted by molar-refractivity contribution is 6.32. The van der Waals surface area contributed by atoms with Crippen LogP contribution in [-0.4, -0.2) is 75.7 Å². The first kappa shape index (κ1) is 26.6. The molecular weight excluding hydrogens is 504 g/mol. The summed E-state index contributed by atoms with van der Waals surface area (Å²) < 4.78 is 0. The molecule has 0 aliphatic heterocycles. The second-order valence-electron chi connectivity index (χ2n) is 10.9. The van der Waals surface area contributed by atoms with Crippen LogP contribution in [0.5, 0.6) is 5.75 Å². The Balaban J connectivity index is 1.64. The zero-order valence-corrected chi connectivity index (χ0v) is 21.6. The molecule has 3 aliphatic rings. The van der Waals surface area contributed by atoms with E-state index in [9.17, 15) is 39.0 Å². The van der Waals surface area contributed by atoms with Crippen LogP contribution in [-0.2, 0) is 25.6 Å². The number of likely N-dealkylation sites (N-methyl/N-ethyl adjacent to an activating group) is 1. The molecule has 0 aromatic heterocycles. The largest absolute Gasteiger partial charge is 0.507 e. The van der Waals surface area contributed by atoms with E-state index >= 15 is 0 Å². The van der Waals surface area contributed by atoms with Gasteiger partial charge in [0.15, 0.2) is 40.4 Å². The average Bonchev–Trinajstić information content (AvgIpc) is 2.86. The minimum atomic E-state index is -2.76. The summed E-state index contributed by atoms with van der Waals surface area (Å²) >= 11 is 0. The predicted molar refractivity (Wildman–Crippen MR) is 137 cm³/mol. The lowest BCUT2D eigenvalue weighted by Crippen LogP contribution is -2.74. The Bertz CT molecular complexity index is 1480. The molecule has 6 unspecified atom stereocenters. The summed E-state index contributed by atoms with van der Waals surface area (Å²) in [7, 11) is 3.07. The molecule has 0 heterocycles. The smallest absolute Gasteiger partial charge is 0.235 e. The van der Waals surface area contributed by atoms with Gasteiger partial charge in [0.25, 0.3) is 0 Å². The van der Waals surface area contributed by atoms with Gasteiger partial charge in [-0.05, 0) is 62.5 Å². The second kappa shape index (κ2) is 9.03. The van der Waals surface area contributed by atoms with Crippen LogP contribution in [0.15, 0.2) is 36.4 Å². The van der Waals surface area contributed by atoms with E-state index < -0.39 is 64.4 Å². The maximum Gasteiger partial charge on any atom is 0.235 e. The Morgan fingerprint density at radius 1 is 1.00 bits per heavy atom. The summed E-state index contributed by atoms with van der Waals surface area (Å²) in [4.78, 5) is 79.4. The number of primary amides is 1. The highest BCUT2D eigenvalue weighted by Gasteiger charge is 2.69. The fourth-order valence-corrected chi connectivity index (χ4v) is 6.76. The number of carbonyl (C=O) groups is 6. The predicted octanol–water partition coefficient (Wildman–Crippen LogP) is 0.737. The summed E-state index contributed by atoms with van der Waals surface area (Å²) in [5.74, 6) is -10.9. The lowest BCUT2D eigenvalue weighted by atomic mass is 9.52. The van der Waals surface area contributed by atoms with Crippen LogP contribution in [0.2, 0.25) is 0 Å². The second-order valence-corrected chi connectivity index (χ2v) is 10.9. The van der Waals surface area contributed by atoms with Crippen molar-refractivity contribution in [1.29, 1.82) is 0 Å². The highest BCUT2D eigenvalue weighted by Crippen LogP contribution is 2.51. The Hall–Kier alpha value is -4.02. The standard InChI is InChI=1S/C29H28N2O8/c1-12(32)13-4-6-14(7-5-13)16-8-9-19(33)21-17(16)10-15-11-18-23(31(2)3)25(35)22(28(30)38)27(37)29(18,39)26(36)20(15)24(21)34/h4-9,15,18,20,22-23,33,39H,10-11H2,1-3H3,(H2,30,38). The number of phenols is 1. The SMILES string of the molecule is CC(=O)c1ccc(-c2ccc(O)c3c2CC2CC4C(N(C)C)C(=O)C(C(N)=O)C(=O)C4(O)C(=O)C2C3=O)cc1. The molecule has 1 amide bonds. The van der Waals surface area contributed by atoms with Gasteiger partial charge < -0.3 is 15.9 Å². The van der Waals surface area contributed by atoms with E-state index in [0.29, 0.717) is 22.3 Å². The van der Waals surface area contributed by atoms with Crippen LogP contribution in [0.25, 0.3) is 11.1 Å². The number of Topliss-reactive ketones (excluding diaryl/α,β-unsaturated/α-hetero) is 5. The number of fused-ring (bicyclic) bond motifs is 3. The number of aliphatic hydroxyl groups is 1. The molecule has 39 heavy (non-hydrogen) atoms. The molecule has 0 bridgehead atoms. The quantitative estimate of drug-likeness (QED) is 0.379. The van der Waals surface area contributed by atoms with E-state index in [0.717, 1.165) is 0 Å². The fraction of sp³-hybridized carbons (Fsp3) is 0.379. The molecule has 0 spiro atoms. The van der Waals surface area contributed by atoms with Gasteiger partial charge in [0.05, 0.1) is 17.5 Å². The third-order valence-electron chi connectivity index (χ3n) is 8.55. The van der Waals surface area contributed by atoms with Gasteiger partial charge in [0.2, 0.25) is 5.91 Å². The van der Waals surface area contributed by atoms with Gasteiger partial charge in [-0.1, -0.05) is 30.3 Å². The van der Waals surface area contributed by atoms with E-state index in [1.54, 1.807) is 30.3 Å². The van der Waals surface area contributed by atoms with Gasteiger partial charge in [-0.2, -0.15) is 0 Å². The van der Waals surface area contributed by atoms with Gasteiger partial charge in [-0.3, -0.25) is 33.7 Å². The van der Waals surface area contributed by atoms with Gasteiger partial charge >= 0.3 is 0 Å². The Morgan fingerprint density at radius 3 is 2.21 bits per heavy atom. The van der Waals surface area contributed by atoms with Crippen LogP contribution in [0.1, 0.15) is 39.6 Å². The monoisotopic (exact) mass is 532 g/mol. The number of aromatic hydroxyl groups is 1. The van der Waals surface area contributed by atoms with Crippen molar-refractivity contribution in [3.63, 3.8) is 0 Å². The van der Waals surface area contributed by atoms with Gasteiger partial charge in [-0.15, -0.1) is 0 Å². The van der Waals surface area contributed by atoms with Crippen molar-refractivity contribution in [3.8, 4) is 16.9 Å². The topological polar surface area (TPSA) is 172 Å². The van der Waals surface area contributed by atoms with Crippen molar-refractivity contribution in [2.75, 3.05) is 14.1 Å². The number of nitrogens with zero attached hydrogens (tertiary/aromatic N) is 1. The lowest BCUT2D eigenvalue weighted by molar-refractivity contribution is -0.181. The zero-order chi connectivity index (χ0) is 28.5. The molecule has 202 valence electrons. The number of benzene rings is 2. The molecule has 5 rings (SSSR count). The molecule has 2 aromatic rings. The van der Waals surface area contributed by atoms with Gasteiger partial charge in [0.1, 0.15) is 5.75 Å². The van der Waals surface area contributed by atoms with E-state index in [1.165, 1.54) is 32.0 Å². The third kappa shape index (κ3) is 3.70. The number of rotatable bonds is 4. The molecule has 6 atom stereocenters. The molecule has 10 heteroatoms. The molecule has 0 saturated heterocycles. The average molecular weight is 533 g/mol. The zero-order valence-electron chi connectivity index (χ0n) is 21.6. The normalized spacial score (nSPS) is 30.0. The third-order valence-corrected chi connectivity index (χ3v) is 8.55. The van der Waals surface area contributed by atoms with E-state index in [2.05, 4.69) is 0 Å². The summed E-state index contributed by atoms with van der Waals surface area (Å²) in [6.45, 7) is 1.45. The Labute approximate surface area is 223 Å². The number of hydrogen-bond donors (Lipinski definition) is 3. The maximum atomic E-state index is 13.9. The van der Waals surface area contributed by atoms with Gasteiger partial charge in [-0.25, -0.2) is 0 Å². The van der Waals surface area contributed by atoms with Crippen molar-refractivity contribution in [2.24, 2.45) is 29.4 Å². The first-order valence-corrected chi connectivity index (χ1v) is 12.6. The molecule has 2 fully saturated rings. The first-order valence-electron chi connectivity index (χ1n) is 12.6. The number of nitrogens with two attached hydrogens (primary N) is 1. The highest BCUT2D eigenvalue weighted by atomic mass is 16.3. The van der Waals surface area contributed by atoms with Crippen LogP contribution in [0.4, 0.5) is 0 Å². The molecule has 10 nitrogen and oxygen atoms in total. The van der Waals surface area contributed by atoms with Crippen molar-refractivity contribution in [1.82, 2.24) is 4.90 Å². The maximum absolute atomic E-state index is 13.9. The van der Waals surface area contributed by atoms with Gasteiger partial charge in [0, 0.05) is 11.5 Å². The molecule has 4 N–H and O–H groups in total. The van der Waals surface area contributed by atoms with Crippen LogP contribution in [0, 0.1) is 23.7 Å². The van der Waals surface area contributed by atoms with Crippen LogP contribution < -0.4 is 5.73 Å². The fourth-order valence-electron chi connectivity index (χ4n) is 6.76. The number of ketones is 5. The summed E-state index contributed by atoms with van der Waals surface area (Å²) in [6.07, 6.45) is 0.131. The minimum absolute atomic E-state index is 0.0255. The number of carbonyl (C=O) groups excluding carboxylic acids is 6. The lowest BCUT2D eigenvalue weighted by Gasteiger charge is -2.52. The Morgan fingerprint density at radius 2 is 1.64 bits per heavy atom. The molecule has 2 aromatic carbocycles. The Kier molecular flexibility index (Phi) is 6.15. The van der Waals surface area contributed by atoms with Crippen molar-refractivity contribution >= 4 is 34.8 Å². The van der Waals surface area contributed by atoms with Crippen LogP contribution in [0.3, 0.4) is 0 Å². The molecule has 2 saturated carbocycles. The number of amides is 1. The van der Waals surface area contributed by atoms with Crippen LogP contribution >= 0.6 is 0 Å². The van der Waals surface area contributed by atoms with E-state index in [1.807, 2.05) is 0 Å². The molecule has 3 aliphatic carbocycles. The number of hydrogen-bond acceptors (Lipinski definition) is 9. The summed E-state index contributed by atoms with van der Waals surface area (Å²) in [5.41, 5.74) is 4.84. The van der Waals surface area contributed by atoms with E-state index in [-0.39, 0.29) is 29.9 Å². The molecule has 0 radical (unpaired) electrons. The van der Waals surface area contributed by atoms with Crippen molar-refractivity contribution < 1.29 is 39.0 Å². The van der Waals surface area contributed by atoms with Crippen molar-refractivity contribution in [3.05, 3.63) is 53.1 Å². The van der Waals surface area contributed by atoms with Crippen molar-refractivity contribution in [2.45, 2.75) is 31.4 Å². The summed E-state index contributed by atoms with van der Waals surface area (Å²) in [5, 5.41) is 22.3. The minimum Gasteiger partial charge on any atom is -0.507 e. The summed E-state index contributed by atoms with van der Waals surface area (Å²) in [6, 6.07) is 8.61. The number of phenolic OH excluding ortho intramolecular Hbond substituents is 1. The molecular formula is C29H28N2O8.